The highest BCUT2D eigenvalue weighted by molar-refractivity contribution is 9.10. The van der Waals surface area contributed by atoms with Crippen molar-refractivity contribution >= 4 is 35.7 Å². The summed E-state index contributed by atoms with van der Waals surface area (Å²) in [6, 6.07) is 14.3. The van der Waals surface area contributed by atoms with Crippen LogP contribution in [0.2, 0.25) is 0 Å². The zero-order valence-electron chi connectivity index (χ0n) is 15.6. The molecule has 0 bridgehead atoms. The predicted molar refractivity (Wildman–Crippen MR) is 117 cm³/mol. The molecule has 0 aromatic heterocycles. The maximum Gasteiger partial charge on any atom is 0.259 e. The van der Waals surface area contributed by atoms with Crippen molar-refractivity contribution in [1.29, 1.82) is 0 Å². The average Bonchev–Trinajstić information content (AvgIpc) is 2.65. The van der Waals surface area contributed by atoms with Crippen LogP contribution in [0, 0.1) is 17.8 Å². The Morgan fingerprint density at radius 1 is 1.18 bits per heavy atom. The highest BCUT2D eigenvalue weighted by atomic mass is 79.9. The number of ether oxygens (including phenoxy) is 1. The number of benzene rings is 2. The molecule has 2 aromatic rings. The van der Waals surface area contributed by atoms with Crippen molar-refractivity contribution < 1.29 is 13.2 Å². The lowest BCUT2D eigenvalue weighted by Crippen LogP contribution is -2.26. The molecule has 3 rings (SSSR count). The third-order valence-corrected chi connectivity index (χ3v) is 7.06. The Morgan fingerprint density at radius 2 is 1.93 bits per heavy atom. The number of halogens is 2. The molecule has 0 aliphatic heterocycles. The predicted octanol–water partition coefficient (Wildman–Crippen LogP) is 5.28. The minimum absolute atomic E-state index is 0.285. The van der Waals surface area contributed by atoms with Crippen molar-refractivity contribution in [1.82, 2.24) is 0 Å². The van der Waals surface area contributed by atoms with Gasteiger partial charge in [0.2, 0.25) is 0 Å². The molecule has 0 amide bonds. The molecule has 0 radical (unpaired) electrons. The summed E-state index contributed by atoms with van der Waals surface area (Å²) in [5.74, 6) is 6.72. The van der Waals surface area contributed by atoms with E-state index in [1.807, 2.05) is 24.3 Å². The lowest BCUT2D eigenvalue weighted by atomic mass is 9.83. The van der Waals surface area contributed by atoms with Gasteiger partial charge in [-0.05, 0) is 73.1 Å². The Labute approximate surface area is 180 Å². The fourth-order valence-corrected chi connectivity index (χ4v) is 4.98. The van der Waals surface area contributed by atoms with Gasteiger partial charge in [-0.3, -0.25) is 0 Å². The molecule has 2 aromatic carbocycles. The lowest BCUT2D eigenvalue weighted by molar-refractivity contribution is 0.0697. The second kappa shape index (κ2) is 9.45. The van der Waals surface area contributed by atoms with E-state index in [4.69, 9.17) is 15.4 Å². The first-order valence-corrected chi connectivity index (χ1v) is 12.5. The van der Waals surface area contributed by atoms with Crippen molar-refractivity contribution in [2.75, 3.05) is 6.61 Å². The van der Waals surface area contributed by atoms with Crippen molar-refractivity contribution in [2.24, 2.45) is 5.92 Å². The second-order valence-electron chi connectivity index (χ2n) is 7.00. The van der Waals surface area contributed by atoms with Crippen LogP contribution in [0.15, 0.2) is 46.9 Å². The molecule has 1 aliphatic rings. The molecule has 0 spiro atoms. The molecule has 3 nitrogen and oxygen atoms in total. The molecule has 2 atom stereocenters. The fraction of sp³-hybridized carbons (Fsp3) is 0.364. The number of hydrogen-bond donors (Lipinski definition) is 0. The molecule has 0 saturated heterocycles. The molecule has 0 N–H and O–H groups in total. The van der Waals surface area contributed by atoms with Crippen molar-refractivity contribution in [3.05, 3.63) is 69.2 Å². The number of aryl methyl sites for hydroxylation is 1. The summed E-state index contributed by atoms with van der Waals surface area (Å²) < 4.78 is 29.6. The van der Waals surface area contributed by atoms with Crippen LogP contribution in [0.4, 0.5) is 0 Å². The van der Waals surface area contributed by atoms with Gasteiger partial charge in [-0.1, -0.05) is 46.8 Å². The van der Waals surface area contributed by atoms with Crippen molar-refractivity contribution in [3.63, 3.8) is 0 Å². The lowest BCUT2D eigenvalue weighted by Gasteiger charge is -2.26. The quantitative estimate of drug-likeness (QED) is 0.431. The van der Waals surface area contributed by atoms with E-state index >= 15 is 0 Å². The second-order valence-corrected chi connectivity index (χ2v) is 10.7. The zero-order chi connectivity index (χ0) is 20.1. The van der Waals surface area contributed by atoms with Crippen LogP contribution in [0.5, 0.6) is 0 Å². The number of fused-ring (bicyclic) bond motifs is 1. The fourth-order valence-electron chi connectivity index (χ4n) is 3.40. The van der Waals surface area contributed by atoms with E-state index in [1.54, 1.807) is 6.92 Å². The SMILES string of the molecule is CCC(OCC1CCc2ccc(C#Cc3cccc(Br)c3)cc2C1)S(=O)(=O)Cl. The third-order valence-electron chi connectivity index (χ3n) is 4.88. The minimum atomic E-state index is -3.69. The van der Waals surface area contributed by atoms with Gasteiger partial charge in [-0.2, -0.15) is 0 Å². The molecule has 6 heteroatoms. The summed E-state index contributed by atoms with van der Waals surface area (Å²) in [7, 11) is 1.75. The Kier molecular flexibility index (Phi) is 7.22. The topological polar surface area (TPSA) is 43.4 Å². The summed E-state index contributed by atoms with van der Waals surface area (Å²) in [4.78, 5) is 0. The van der Waals surface area contributed by atoms with E-state index in [9.17, 15) is 8.42 Å². The number of rotatable bonds is 5. The van der Waals surface area contributed by atoms with Gasteiger partial charge in [0.1, 0.15) is 0 Å². The Morgan fingerprint density at radius 3 is 2.61 bits per heavy atom. The smallest absolute Gasteiger partial charge is 0.259 e. The summed E-state index contributed by atoms with van der Waals surface area (Å²) in [6.45, 7) is 2.16. The molecule has 0 fully saturated rings. The van der Waals surface area contributed by atoms with Crippen molar-refractivity contribution in [2.45, 2.75) is 38.0 Å². The van der Waals surface area contributed by atoms with Crippen LogP contribution in [-0.2, 0) is 26.6 Å². The van der Waals surface area contributed by atoms with Gasteiger partial charge >= 0.3 is 0 Å². The van der Waals surface area contributed by atoms with Gasteiger partial charge < -0.3 is 4.74 Å². The van der Waals surface area contributed by atoms with Gasteiger partial charge in [0.25, 0.3) is 9.05 Å². The van der Waals surface area contributed by atoms with Crippen LogP contribution in [0.1, 0.15) is 42.0 Å². The highest BCUT2D eigenvalue weighted by Crippen LogP contribution is 2.27. The molecule has 28 heavy (non-hydrogen) atoms. The molecule has 148 valence electrons. The largest absolute Gasteiger partial charge is 0.361 e. The maximum atomic E-state index is 11.5. The average molecular weight is 482 g/mol. The zero-order valence-corrected chi connectivity index (χ0v) is 18.8. The van der Waals surface area contributed by atoms with E-state index in [1.165, 1.54) is 11.1 Å². The van der Waals surface area contributed by atoms with E-state index in [-0.39, 0.29) is 5.92 Å². The van der Waals surface area contributed by atoms with Gasteiger partial charge in [0.05, 0.1) is 6.61 Å². The maximum absolute atomic E-state index is 11.5. The normalized spacial score (nSPS) is 17.3. The van der Waals surface area contributed by atoms with E-state index in [0.29, 0.717) is 13.0 Å². The highest BCUT2D eigenvalue weighted by Gasteiger charge is 2.25. The van der Waals surface area contributed by atoms with E-state index in [2.05, 4.69) is 46.0 Å². The van der Waals surface area contributed by atoms with Crippen molar-refractivity contribution in [3.8, 4) is 11.8 Å². The van der Waals surface area contributed by atoms with Crippen LogP contribution < -0.4 is 0 Å². The van der Waals surface area contributed by atoms with Crippen LogP contribution in [-0.4, -0.2) is 20.5 Å². The van der Waals surface area contributed by atoms with Crippen LogP contribution in [0.3, 0.4) is 0 Å². The van der Waals surface area contributed by atoms with E-state index in [0.717, 1.165) is 34.9 Å². The molecular formula is C22H22BrClO3S. The summed E-state index contributed by atoms with van der Waals surface area (Å²) >= 11 is 3.46. The third kappa shape index (κ3) is 5.84. The summed E-state index contributed by atoms with van der Waals surface area (Å²) in [5.41, 5.74) is 3.61. The summed E-state index contributed by atoms with van der Waals surface area (Å²) in [6.07, 6.45) is 3.16. The first kappa shape index (κ1) is 21.4. The van der Waals surface area contributed by atoms with Gasteiger partial charge in [-0.25, -0.2) is 8.42 Å². The molecule has 1 aliphatic carbocycles. The Hall–Kier alpha value is -1.32. The van der Waals surface area contributed by atoms with Gasteiger partial charge in [-0.15, -0.1) is 0 Å². The summed E-state index contributed by atoms with van der Waals surface area (Å²) in [5, 5.41) is 0. The first-order valence-electron chi connectivity index (χ1n) is 9.29. The molecule has 0 heterocycles. The van der Waals surface area contributed by atoms with Crippen LogP contribution >= 0.6 is 26.6 Å². The molecule has 0 saturated carbocycles. The monoisotopic (exact) mass is 480 g/mol. The standard InChI is InChI=1S/C22H22BrClO3S/c1-2-22(28(24,25)26)27-15-18-9-11-19-10-8-17(12-20(19)13-18)7-6-16-4-3-5-21(23)14-16/h3-5,8,10,12,14,18,22H,2,9,11,13,15H2,1H3. The Balaban J connectivity index is 1.68. The van der Waals surface area contributed by atoms with E-state index < -0.39 is 14.5 Å². The number of hydrogen-bond acceptors (Lipinski definition) is 3. The minimum Gasteiger partial charge on any atom is -0.361 e. The van der Waals surface area contributed by atoms with Gasteiger partial charge in [0.15, 0.2) is 5.44 Å². The Bertz CT molecular complexity index is 1010. The van der Waals surface area contributed by atoms with Crippen LogP contribution in [0.25, 0.3) is 0 Å². The molecular weight excluding hydrogens is 460 g/mol. The molecule has 2 unspecified atom stereocenters. The van der Waals surface area contributed by atoms with Gasteiger partial charge in [0, 0.05) is 26.3 Å². The first-order chi connectivity index (χ1) is 13.3.